The molecule has 0 atom stereocenters. The van der Waals surface area contributed by atoms with Crippen LogP contribution in [0.25, 0.3) is 0 Å². The maximum atomic E-state index is 10.9. The average Bonchev–Trinajstić information content (AvgIpc) is 2.94. The van der Waals surface area contributed by atoms with Crippen molar-refractivity contribution in [3.63, 3.8) is 0 Å². The maximum Gasteiger partial charge on any atom is 0.355 e. The fraction of sp³-hybridized carbons (Fsp3) is 0.0909. The van der Waals surface area contributed by atoms with Gasteiger partial charge in [0.15, 0.2) is 5.69 Å². The molecule has 0 bridgehead atoms. The number of carbonyl (C=O) groups is 1. The smallest absolute Gasteiger partial charge is 0.355 e. The van der Waals surface area contributed by atoms with E-state index in [0.29, 0.717) is 5.01 Å². The number of aromatic nitrogens is 2. The lowest BCUT2D eigenvalue weighted by atomic mass is 10.3. The minimum absolute atomic E-state index is 0.00826. The molecule has 106 valence electrons. The van der Waals surface area contributed by atoms with Crippen molar-refractivity contribution in [1.29, 1.82) is 5.26 Å². The Morgan fingerprint density at radius 2 is 2.38 bits per heavy atom. The van der Waals surface area contributed by atoms with Gasteiger partial charge in [0.2, 0.25) is 5.82 Å². The molecule has 2 heterocycles. The summed E-state index contributed by atoms with van der Waals surface area (Å²) >= 11 is 1.11. The van der Waals surface area contributed by atoms with Gasteiger partial charge in [-0.25, -0.2) is 14.8 Å². The molecule has 2 aromatic heterocycles. The molecule has 10 heteroatoms. The number of carboxylic acids is 1. The van der Waals surface area contributed by atoms with Crippen molar-refractivity contribution < 1.29 is 14.8 Å². The number of rotatable bonds is 5. The molecule has 0 saturated carbocycles. The van der Waals surface area contributed by atoms with Gasteiger partial charge in [0.25, 0.3) is 0 Å². The van der Waals surface area contributed by atoms with Gasteiger partial charge in [-0.3, -0.25) is 10.1 Å². The quantitative estimate of drug-likeness (QED) is 0.626. The first-order chi connectivity index (χ1) is 10.0. The molecule has 0 saturated heterocycles. The van der Waals surface area contributed by atoms with Crippen LogP contribution in [0.15, 0.2) is 17.6 Å². The molecular formula is C11H7N5O4S. The van der Waals surface area contributed by atoms with Gasteiger partial charge in [-0.15, -0.1) is 11.3 Å². The number of carboxylic acid groups (broad SMARTS) is 1. The van der Waals surface area contributed by atoms with Crippen molar-refractivity contribution in [2.45, 2.75) is 6.54 Å². The van der Waals surface area contributed by atoms with Gasteiger partial charge in [-0.2, -0.15) is 5.26 Å². The third-order valence-corrected chi connectivity index (χ3v) is 3.22. The molecule has 0 spiro atoms. The van der Waals surface area contributed by atoms with Crippen LogP contribution in [-0.4, -0.2) is 26.0 Å². The number of pyridine rings is 1. The fourth-order valence-corrected chi connectivity index (χ4v) is 2.15. The Labute approximate surface area is 121 Å². The summed E-state index contributed by atoms with van der Waals surface area (Å²) in [6.45, 7) is 0.0949. The Morgan fingerprint density at radius 3 is 2.95 bits per heavy atom. The second-order valence-corrected chi connectivity index (χ2v) is 4.69. The molecule has 0 aliphatic rings. The van der Waals surface area contributed by atoms with E-state index in [9.17, 15) is 14.9 Å². The summed E-state index contributed by atoms with van der Waals surface area (Å²) in [5.74, 6) is -1.15. The van der Waals surface area contributed by atoms with Crippen LogP contribution < -0.4 is 5.32 Å². The number of nitro groups is 1. The Kier molecular flexibility index (Phi) is 4.05. The Balaban J connectivity index is 2.17. The van der Waals surface area contributed by atoms with Crippen LogP contribution in [0.5, 0.6) is 0 Å². The summed E-state index contributed by atoms with van der Waals surface area (Å²) in [6.07, 6.45) is 1.21. The van der Waals surface area contributed by atoms with Crippen LogP contribution in [-0.2, 0) is 6.54 Å². The first kappa shape index (κ1) is 14.4. The lowest BCUT2D eigenvalue weighted by molar-refractivity contribution is -0.384. The minimum atomic E-state index is -1.14. The number of hydrogen-bond acceptors (Lipinski definition) is 8. The van der Waals surface area contributed by atoms with Crippen LogP contribution >= 0.6 is 11.3 Å². The highest BCUT2D eigenvalue weighted by Gasteiger charge is 2.17. The Hall–Kier alpha value is -3.06. The number of anilines is 1. The molecule has 9 nitrogen and oxygen atoms in total. The van der Waals surface area contributed by atoms with Crippen LogP contribution in [0.4, 0.5) is 11.5 Å². The molecule has 21 heavy (non-hydrogen) atoms. The van der Waals surface area contributed by atoms with E-state index in [1.54, 1.807) is 6.07 Å². The van der Waals surface area contributed by atoms with E-state index in [1.165, 1.54) is 11.6 Å². The SMILES string of the molecule is N#Cc1cnc(NCc2nc(C(=O)O)cs2)c([N+](=O)[O-])c1. The molecule has 0 aliphatic heterocycles. The van der Waals surface area contributed by atoms with Gasteiger partial charge in [0.1, 0.15) is 11.1 Å². The van der Waals surface area contributed by atoms with E-state index in [-0.39, 0.29) is 29.3 Å². The second kappa shape index (κ2) is 5.93. The number of nitrogens with one attached hydrogen (secondary N) is 1. The molecular weight excluding hydrogens is 298 g/mol. The van der Waals surface area contributed by atoms with Crippen LogP contribution in [0.2, 0.25) is 0 Å². The zero-order chi connectivity index (χ0) is 15.4. The van der Waals surface area contributed by atoms with E-state index < -0.39 is 10.9 Å². The van der Waals surface area contributed by atoms with Crippen LogP contribution in [0.1, 0.15) is 21.1 Å². The van der Waals surface area contributed by atoms with Crippen LogP contribution in [0.3, 0.4) is 0 Å². The molecule has 2 aromatic rings. The van der Waals surface area contributed by atoms with Gasteiger partial charge >= 0.3 is 11.7 Å². The maximum absolute atomic E-state index is 10.9. The van der Waals surface area contributed by atoms with Crippen molar-refractivity contribution in [1.82, 2.24) is 9.97 Å². The lowest BCUT2D eigenvalue weighted by Crippen LogP contribution is -2.05. The monoisotopic (exact) mass is 305 g/mol. The molecule has 0 aliphatic carbocycles. The molecule has 2 N–H and O–H groups in total. The first-order valence-corrected chi connectivity index (χ1v) is 6.35. The number of aromatic carboxylic acids is 1. The average molecular weight is 305 g/mol. The zero-order valence-electron chi connectivity index (χ0n) is 10.3. The summed E-state index contributed by atoms with van der Waals surface area (Å²) < 4.78 is 0. The summed E-state index contributed by atoms with van der Waals surface area (Å²) in [7, 11) is 0. The number of nitriles is 1. The highest BCUT2D eigenvalue weighted by atomic mass is 32.1. The molecule has 0 aromatic carbocycles. The summed E-state index contributed by atoms with van der Waals surface area (Å²) in [6, 6.07) is 2.88. The van der Waals surface area contributed by atoms with Gasteiger partial charge in [0, 0.05) is 17.6 Å². The van der Waals surface area contributed by atoms with Gasteiger partial charge in [-0.05, 0) is 0 Å². The highest BCUT2D eigenvalue weighted by molar-refractivity contribution is 7.09. The fourth-order valence-electron chi connectivity index (χ4n) is 1.44. The number of nitrogens with zero attached hydrogens (tertiary/aromatic N) is 4. The van der Waals surface area contributed by atoms with Crippen molar-refractivity contribution in [2.24, 2.45) is 0 Å². The first-order valence-electron chi connectivity index (χ1n) is 5.47. The van der Waals surface area contributed by atoms with E-state index in [1.807, 2.05) is 0 Å². The minimum Gasteiger partial charge on any atom is -0.476 e. The second-order valence-electron chi connectivity index (χ2n) is 3.75. The van der Waals surface area contributed by atoms with E-state index in [0.717, 1.165) is 17.4 Å². The van der Waals surface area contributed by atoms with E-state index in [2.05, 4.69) is 15.3 Å². The van der Waals surface area contributed by atoms with E-state index >= 15 is 0 Å². The van der Waals surface area contributed by atoms with Crippen molar-refractivity contribution in [2.75, 3.05) is 5.32 Å². The summed E-state index contributed by atoms with van der Waals surface area (Å²) in [4.78, 5) is 28.6. The van der Waals surface area contributed by atoms with Gasteiger partial charge in [-0.1, -0.05) is 0 Å². The predicted octanol–water partition coefficient (Wildman–Crippen LogP) is 1.63. The molecule has 2 rings (SSSR count). The zero-order valence-corrected chi connectivity index (χ0v) is 11.1. The van der Waals surface area contributed by atoms with Crippen molar-refractivity contribution >= 4 is 28.8 Å². The third kappa shape index (κ3) is 3.28. The predicted molar refractivity (Wildman–Crippen MR) is 72.0 cm³/mol. The molecule has 0 radical (unpaired) electrons. The molecule has 0 unspecified atom stereocenters. The number of hydrogen-bond donors (Lipinski definition) is 2. The Bertz CT molecular complexity index is 751. The van der Waals surface area contributed by atoms with Crippen LogP contribution in [0, 0.1) is 21.4 Å². The summed E-state index contributed by atoms with van der Waals surface area (Å²) in [5, 5.41) is 32.9. The number of thiazole rings is 1. The standard InChI is InChI=1S/C11H7N5O4S/c12-2-6-1-8(16(19)20)10(13-3-6)14-4-9-15-7(5-21-9)11(17)18/h1,3,5H,4H2,(H,13,14)(H,17,18). The topological polar surface area (TPSA) is 142 Å². The van der Waals surface area contributed by atoms with Crippen molar-refractivity contribution in [3.8, 4) is 6.07 Å². The summed E-state index contributed by atoms with van der Waals surface area (Å²) in [5.41, 5.74) is -0.335. The normalized spacial score (nSPS) is 9.86. The third-order valence-electron chi connectivity index (χ3n) is 2.37. The Morgan fingerprint density at radius 1 is 1.62 bits per heavy atom. The van der Waals surface area contributed by atoms with Crippen molar-refractivity contribution in [3.05, 3.63) is 44.0 Å². The van der Waals surface area contributed by atoms with Gasteiger partial charge in [0.05, 0.1) is 17.0 Å². The highest BCUT2D eigenvalue weighted by Crippen LogP contribution is 2.23. The lowest BCUT2D eigenvalue weighted by Gasteiger charge is -2.04. The van der Waals surface area contributed by atoms with Gasteiger partial charge < -0.3 is 10.4 Å². The largest absolute Gasteiger partial charge is 0.476 e. The molecule has 0 fully saturated rings. The molecule has 0 amide bonds. The van der Waals surface area contributed by atoms with E-state index in [4.69, 9.17) is 10.4 Å².